The van der Waals surface area contributed by atoms with Crippen molar-refractivity contribution in [1.82, 2.24) is 5.32 Å². The normalized spacial score (nSPS) is 14.6. The fourth-order valence-corrected chi connectivity index (χ4v) is 6.58. The molecule has 2 heterocycles. The largest absolute Gasteiger partial charge is 0.455 e. The van der Waals surface area contributed by atoms with Crippen LogP contribution in [0.2, 0.25) is 0 Å². The molecule has 0 saturated heterocycles. The summed E-state index contributed by atoms with van der Waals surface area (Å²) in [5.74, 6) is 1.55. The standard InChI is InChI=1S/C43H29N3O/c1-4-12-28(13-5-1)31-20-21-33-27-34(23-22-32(33)26-31)42-44-41(30-16-8-3-9-17-30)45-43(46-42)37-25-24-35(29-14-6-2-7-15-29)40-39(37)36-18-10-11-19-38(36)47-40/h1-27,42H,(H,44,45,46). The van der Waals surface area contributed by atoms with Crippen molar-refractivity contribution < 1.29 is 4.42 Å². The lowest BCUT2D eigenvalue weighted by atomic mass is 9.97. The third-order valence-corrected chi connectivity index (χ3v) is 8.92. The van der Waals surface area contributed by atoms with E-state index in [-0.39, 0.29) is 0 Å². The molecule has 1 aliphatic rings. The molecule has 0 fully saturated rings. The summed E-state index contributed by atoms with van der Waals surface area (Å²) in [6.45, 7) is 0. The van der Waals surface area contributed by atoms with Gasteiger partial charge in [0.15, 0.2) is 6.17 Å². The summed E-state index contributed by atoms with van der Waals surface area (Å²) >= 11 is 0. The van der Waals surface area contributed by atoms with Crippen molar-refractivity contribution in [2.45, 2.75) is 6.17 Å². The van der Waals surface area contributed by atoms with Gasteiger partial charge in [-0.05, 0) is 63.4 Å². The van der Waals surface area contributed by atoms with Gasteiger partial charge in [0.05, 0.1) is 0 Å². The molecular weight excluding hydrogens is 574 g/mol. The first-order valence-corrected chi connectivity index (χ1v) is 15.9. The zero-order valence-electron chi connectivity index (χ0n) is 25.5. The van der Waals surface area contributed by atoms with Crippen LogP contribution in [0, 0.1) is 0 Å². The molecule has 1 aromatic heterocycles. The van der Waals surface area contributed by atoms with Crippen LogP contribution in [0.25, 0.3) is 55.0 Å². The maximum Gasteiger partial charge on any atom is 0.169 e. The summed E-state index contributed by atoms with van der Waals surface area (Å²) in [6, 6.07) is 56.9. The van der Waals surface area contributed by atoms with Gasteiger partial charge in [-0.3, -0.25) is 0 Å². The summed E-state index contributed by atoms with van der Waals surface area (Å²) < 4.78 is 6.57. The predicted molar refractivity (Wildman–Crippen MR) is 194 cm³/mol. The lowest BCUT2D eigenvalue weighted by molar-refractivity contribution is 0.670. The molecule has 0 radical (unpaired) electrons. The van der Waals surface area contributed by atoms with E-state index in [1.54, 1.807) is 0 Å². The summed E-state index contributed by atoms with van der Waals surface area (Å²) in [5, 5.41) is 8.04. The van der Waals surface area contributed by atoms with Crippen LogP contribution in [-0.4, -0.2) is 11.7 Å². The molecule has 222 valence electrons. The monoisotopic (exact) mass is 603 g/mol. The minimum absolute atomic E-state index is 0.429. The molecule has 8 aromatic rings. The second kappa shape index (κ2) is 11.3. The quantitative estimate of drug-likeness (QED) is 0.213. The Balaban J connectivity index is 1.20. The number of hydrogen-bond donors (Lipinski definition) is 1. The van der Waals surface area contributed by atoms with E-state index in [2.05, 4.69) is 127 Å². The third-order valence-electron chi connectivity index (χ3n) is 8.92. The van der Waals surface area contributed by atoms with Gasteiger partial charge in [0.2, 0.25) is 0 Å². The molecule has 47 heavy (non-hydrogen) atoms. The number of amidine groups is 2. The maximum atomic E-state index is 6.57. The first kappa shape index (κ1) is 27.1. The smallest absolute Gasteiger partial charge is 0.169 e. The highest BCUT2D eigenvalue weighted by Gasteiger charge is 2.25. The van der Waals surface area contributed by atoms with E-state index in [1.807, 2.05) is 42.5 Å². The third kappa shape index (κ3) is 4.88. The Kier molecular flexibility index (Phi) is 6.50. The highest BCUT2D eigenvalue weighted by Crippen LogP contribution is 2.39. The summed E-state index contributed by atoms with van der Waals surface area (Å²) in [6.07, 6.45) is -0.429. The van der Waals surface area contributed by atoms with E-state index in [9.17, 15) is 0 Å². The minimum Gasteiger partial charge on any atom is -0.455 e. The van der Waals surface area contributed by atoms with Crippen molar-refractivity contribution in [1.29, 1.82) is 0 Å². The van der Waals surface area contributed by atoms with Gasteiger partial charge in [-0.25, -0.2) is 9.98 Å². The van der Waals surface area contributed by atoms with Crippen molar-refractivity contribution in [3.05, 3.63) is 180 Å². The summed E-state index contributed by atoms with van der Waals surface area (Å²) in [5.41, 5.74) is 9.28. The fourth-order valence-electron chi connectivity index (χ4n) is 6.58. The van der Waals surface area contributed by atoms with Crippen LogP contribution in [0.4, 0.5) is 0 Å². The van der Waals surface area contributed by atoms with Crippen LogP contribution in [0.1, 0.15) is 22.9 Å². The molecule has 1 unspecified atom stereocenters. The van der Waals surface area contributed by atoms with E-state index >= 15 is 0 Å². The van der Waals surface area contributed by atoms with E-state index in [4.69, 9.17) is 14.4 Å². The first-order valence-electron chi connectivity index (χ1n) is 15.9. The minimum atomic E-state index is -0.429. The molecule has 1 N–H and O–H groups in total. The molecule has 0 amide bonds. The van der Waals surface area contributed by atoms with Crippen molar-refractivity contribution in [3.8, 4) is 22.3 Å². The fraction of sp³-hybridized carbons (Fsp3) is 0.0233. The molecule has 7 aromatic carbocycles. The number of nitrogens with one attached hydrogen (secondary N) is 1. The van der Waals surface area contributed by atoms with Crippen LogP contribution in [-0.2, 0) is 0 Å². The van der Waals surface area contributed by atoms with Gasteiger partial charge in [-0.15, -0.1) is 0 Å². The average Bonchev–Trinajstić information content (AvgIpc) is 3.55. The molecule has 1 atom stereocenters. The second-order valence-electron chi connectivity index (χ2n) is 11.8. The zero-order chi connectivity index (χ0) is 31.2. The number of hydrogen-bond acceptors (Lipinski definition) is 4. The first-order chi connectivity index (χ1) is 23.3. The number of benzene rings is 7. The maximum absolute atomic E-state index is 6.57. The molecule has 4 nitrogen and oxygen atoms in total. The van der Waals surface area contributed by atoms with Gasteiger partial charge in [-0.1, -0.05) is 133 Å². The summed E-state index contributed by atoms with van der Waals surface area (Å²) in [4.78, 5) is 10.4. The van der Waals surface area contributed by atoms with Crippen LogP contribution < -0.4 is 5.32 Å². The van der Waals surface area contributed by atoms with Crippen molar-refractivity contribution in [2.24, 2.45) is 9.98 Å². The second-order valence-corrected chi connectivity index (χ2v) is 11.8. The van der Waals surface area contributed by atoms with Crippen LogP contribution in [0.3, 0.4) is 0 Å². The molecular formula is C43H29N3O. The Morgan fingerprint density at radius 1 is 0.468 bits per heavy atom. The molecule has 9 rings (SSSR count). The number of nitrogens with zero attached hydrogens (tertiary/aromatic N) is 2. The molecule has 0 spiro atoms. The van der Waals surface area contributed by atoms with Crippen molar-refractivity contribution >= 4 is 44.4 Å². The number of rotatable bonds is 5. The van der Waals surface area contributed by atoms with Crippen LogP contribution in [0.15, 0.2) is 178 Å². The van der Waals surface area contributed by atoms with Gasteiger partial charge < -0.3 is 9.73 Å². The van der Waals surface area contributed by atoms with Crippen LogP contribution in [0.5, 0.6) is 0 Å². The lowest BCUT2D eigenvalue weighted by Crippen LogP contribution is -2.36. The van der Waals surface area contributed by atoms with Crippen LogP contribution >= 0.6 is 0 Å². The number of para-hydroxylation sites is 1. The van der Waals surface area contributed by atoms with E-state index in [0.29, 0.717) is 0 Å². The Hall–Kier alpha value is -6.26. The van der Waals surface area contributed by atoms with Gasteiger partial charge >= 0.3 is 0 Å². The Bertz CT molecular complexity index is 2480. The van der Waals surface area contributed by atoms with Gasteiger partial charge in [-0.2, -0.15) is 0 Å². The Morgan fingerprint density at radius 2 is 1.09 bits per heavy atom. The zero-order valence-corrected chi connectivity index (χ0v) is 25.5. The number of fused-ring (bicyclic) bond motifs is 4. The Morgan fingerprint density at radius 3 is 1.87 bits per heavy atom. The Labute approximate surface area is 272 Å². The highest BCUT2D eigenvalue weighted by molar-refractivity contribution is 6.25. The predicted octanol–water partition coefficient (Wildman–Crippen LogP) is 10.6. The SMILES string of the molecule is c1ccc(C2=NC(c3ccc4cc(-c5ccccc5)ccc4c3)N=C(c3ccc(-c4ccccc4)c4oc5ccccc5c34)N2)cc1. The van der Waals surface area contributed by atoms with Crippen molar-refractivity contribution in [2.75, 3.05) is 0 Å². The lowest BCUT2D eigenvalue weighted by Gasteiger charge is -2.23. The highest BCUT2D eigenvalue weighted by atomic mass is 16.3. The molecule has 1 aliphatic heterocycles. The molecule has 0 bridgehead atoms. The number of aliphatic imine (C=N–C) groups is 2. The van der Waals surface area contributed by atoms with Crippen molar-refractivity contribution in [3.63, 3.8) is 0 Å². The van der Waals surface area contributed by atoms with Gasteiger partial charge in [0.25, 0.3) is 0 Å². The number of furan rings is 1. The molecule has 0 saturated carbocycles. The van der Waals surface area contributed by atoms with E-state index in [1.165, 1.54) is 16.5 Å². The summed E-state index contributed by atoms with van der Waals surface area (Å²) in [7, 11) is 0. The van der Waals surface area contributed by atoms with E-state index in [0.717, 1.165) is 66.8 Å². The van der Waals surface area contributed by atoms with E-state index < -0.39 is 6.17 Å². The van der Waals surface area contributed by atoms with Gasteiger partial charge in [0.1, 0.15) is 22.8 Å². The molecule has 0 aliphatic carbocycles. The average molecular weight is 604 g/mol. The topological polar surface area (TPSA) is 49.9 Å². The van der Waals surface area contributed by atoms with Gasteiger partial charge in [0, 0.05) is 27.5 Å². The molecule has 4 heteroatoms.